The second-order valence-electron chi connectivity index (χ2n) is 21.6. The second kappa shape index (κ2) is 17.3. The molecule has 4 atom stereocenters. The van der Waals surface area contributed by atoms with Gasteiger partial charge in [0.2, 0.25) is 11.8 Å². The third kappa shape index (κ3) is 7.64. The number of aliphatic hydroxyl groups is 1. The number of benzene rings is 1. The average Bonchev–Trinajstić information content (AvgIpc) is 3.95. The number of nitrogens with zero attached hydrogens (tertiary/aromatic N) is 9. The number of nitrogens with one attached hydrogen (secondary N) is 2. The molecule has 18 heteroatoms. The number of aromatic nitrogens is 4. The van der Waals surface area contributed by atoms with Crippen molar-refractivity contribution in [2.24, 2.45) is 12.5 Å². The van der Waals surface area contributed by atoms with Gasteiger partial charge in [-0.3, -0.25) is 53.7 Å². The zero-order chi connectivity index (χ0) is 49.9. The van der Waals surface area contributed by atoms with Gasteiger partial charge in [0.25, 0.3) is 23.3 Å². The Labute approximate surface area is 416 Å². The molecular weight excluding hydrogens is 915 g/mol. The quantitative estimate of drug-likeness (QED) is 0.188. The summed E-state index contributed by atoms with van der Waals surface area (Å²) < 4.78 is 3.66. The molecule has 0 bridgehead atoms. The zero-order valence-corrected chi connectivity index (χ0v) is 41.1. The third-order valence-electron chi connectivity index (χ3n) is 16.5. The first-order chi connectivity index (χ1) is 34.6. The van der Waals surface area contributed by atoms with Crippen LogP contribution in [0.4, 0.5) is 23.0 Å². The fourth-order valence-corrected chi connectivity index (χ4v) is 13.0. The van der Waals surface area contributed by atoms with Crippen molar-refractivity contribution >= 4 is 52.5 Å². The molecule has 18 nitrogen and oxygen atoms in total. The summed E-state index contributed by atoms with van der Waals surface area (Å²) in [6.45, 7) is 11.7. The summed E-state index contributed by atoms with van der Waals surface area (Å²) in [4.78, 5) is 99.3. The lowest BCUT2D eigenvalue weighted by atomic mass is 9.83. The van der Waals surface area contributed by atoms with Gasteiger partial charge in [0.1, 0.15) is 29.1 Å². The fourth-order valence-electron chi connectivity index (χ4n) is 13.0. The van der Waals surface area contributed by atoms with Crippen LogP contribution in [0.15, 0.2) is 65.8 Å². The van der Waals surface area contributed by atoms with Gasteiger partial charge in [0.05, 0.1) is 29.6 Å². The highest BCUT2D eigenvalue weighted by Gasteiger charge is 2.48. The first-order valence-corrected chi connectivity index (χ1v) is 25.3. The third-order valence-corrected chi connectivity index (χ3v) is 16.5. The number of carbonyl (C=O) groups excluding carboxylic acids is 5. The van der Waals surface area contributed by atoms with E-state index in [9.17, 15) is 33.9 Å². The molecule has 1 aromatic carbocycles. The number of pyridine rings is 3. The Hall–Kier alpha value is -7.02. The molecule has 0 radical (unpaired) electrons. The van der Waals surface area contributed by atoms with Crippen molar-refractivity contribution < 1.29 is 29.1 Å². The maximum absolute atomic E-state index is 14.0. The topological polar surface area (TPSA) is 199 Å². The largest absolute Gasteiger partial charge is 0.392 e. The van der Waals surface area contributed by atoms with Gasteiger partial charge in [0.15, 0.2) is 0 Å². The number of amides is 5. The average molecular weight is 974 g/mol. The van der Waals surface area contributed by atoms with Crippen LogP contribution in [0, 0.1) is 5.41 Å². The molecule has 5 aromatic rings. The normalized spacial score (nSPS) is 24.0. The first kappa shape index (κ1) is 46.1. The van der Waals surface area contributed by atoms with Gasteiger partial charge in [-0.15, -0.1) is 0 Å². The smallest absolute Gasteiger partial charge is 0.276 e. The standard InChI is InChI=1S/C54H59N11O7/c1-30-26-61(34-12-14-60-28-31-5-7-38-47(39(31)22-36(60)21-34)53(72)65(50(38)69)42-8-10-46(67)58-49(42)68)15-16-62(30)35-6-9-45(56-25-35)57-41-19-33(27-59(4)51(41)70)37-11-13-55-48(40(37)29-66)64-18-17-63-43(52(64)71)20-32-23-54(2,3)24-44(32)63/h5-7,9,11,13,19-20,25,27,30,34,36,42,66H,8,10,12,14-18,21-24,26,28-29H2,1-4H3,(H,56,57)(H,58,67,68)/t30-,34+,36+,42?/m0/s1. The Kier molecular flexibility index (Phi) is 11.1. The lowest BCUT2D eigenvalue weighted by molar-refractivity contribution is -0.136. The molecule has 5 amide bonds. The molecule has 0 spiro atoms. The number of hydrogen-bond donors (Lipinski definition) is 3. The van der Waals surface area contributed by atoms with Crippen molar-refractivity contribution in [2.45, 2.75) is 110 Å². The summed E-state index contributed by atoms with van der Waals surface area (Å²) in [6.07, 6.45) is 9.92. The Bertz CT molecular complexity index is 3200. The highest BCUT2D eigenvalue weighted by atomic mass is 16.3. The van der Waals surface area contributed by atoms with Crippen molar-refractivity contribution in [3.8, 4) is 11.1 Å². The predicted octanol–water partition coefficient (Wildman–Crippen LogP) is 4.17. The molecule has 3 saturated heterocycles. The van der Waals surface area contributed by atoms with Crippen LogP contribution >= 0.6 is 0 Å². The van der Waals surface area contributed by atoms with Crippen LogP contribution in [0.1, 0.15) is 106 Å². The summed E-state index contributed by atoms with van der Waals surface area (Å²) in [6, 6.07) is 13.0. The molecule has 372 valence electrons. The van der Waals surface area contributed by atoms with Gasteiger partial charge in [-0.1, -0.05) is 19.9 Å². The Morgan fingerprint density at radius 3 is 2.47 bits per heavy atom. The number of aliphatic hydroxyl groups excluding tert-OH is 1. The van der Waals surface area contributed by atoms with E-state index < -0.39 is 29.7 Å². The number of piperidine rings is 2. The van der Waals surface area contributed by atoms with E-state index in [1.807, 2.05) is 30.5 Å². The molecule has 3 N–H and O–H groups in total. The van der Waals surface area contributed by atoms with Crippen LogP contribution in [0.2, 0.25) is 0 Å². The maximum atomic E-state index is 14.0. The van der Waals surface area contributed by atoms with E-state index in [1.165, 1.54) is 15.8 Å². The zero-order valence-electron chi connectivity index (χ0n) is 41.1. The van der Waals surface area contributed by atoms with E-state index in [0.29, 0.717) is 82.9 Å². The summed E-state index contributed by atoms with van der Waals surface area (Å²) in [5.74, 6) is -1.12. The molecule has 12 rings (SSSR count). The van der Waals surface area contributed by atoms with Crippen molar-refractivity contribution in [1.82, 2.24) is 39.1 Å². The number of rotatable bonds is 8. The lowest BCUT2D eigenvalue weighted by Gasteiger charge is -2.49. The molecule has 10 heterocycles. The lowest BCUT2D eigenvalue weighted by Crippen LogP contribution is -2.59. The van der Waals surface area contributed by atoms with Crippen LogP contribution in [0.5, 0.6) is 0 Å². The summed E-state index contributed by atoms with van der Waals surface area (Å²) in [5.41, 5.74) is 8.93. The first-order valence-electron chi connectivity index (χ1n) is 25.3. The molecule has 6 aliphatic heterocycles. The number of fused-ring (bicyclic) bond motifs is 7. The second-order valence-corrected chi connectivity index (χ2v) is 21.6. The van der Waals surface area contributed by atoms with Crippen LogP contribution < -0.4 is 26.0 Å². The maximum Gasteiger partial charge on any atom is 0.276 e. The van der Waals surface area contributed by atoms with Crippen LogP contribution in [0.25, 0.3) is 11.1 Å². The van der Waals surface area contributed by atoms with Gasteiger partial charge >= 0.3 is 0 Å². The summed E-state index contributed by atoms with van der Waals surface area (Å²) in [7, 11) is 1.69. The van der Waals surface area contributed by atoms with E-state index in [2.05, 4.69) is 55.7 Å². The van der Waals surface area contributed by atoms with Gasteiger partial charge in [-0.05, 0) is 110 Å². The monoisotopic (exact) mass is 973 g/mol. The van der Waals surface area contributed by atoms with Crippen molar-refractivity contribution in [2.75, 3.05) is 47.8 Å². The minimum Gasteiger partial charge on any atom is -0.392 e. The molecule has 72 heavy (non-hydrogen) atoms. The molecule has 4 aromatic heterocycles. The molecule has 1 aliphatic carbocycles. The number of imide groups is 2. The van der Waals surface area contributed by atoms with Gasteiger partial charge in [-0.25, -0.2) is 9.97 Å². The highest BCUT2D eigenvalue weighted by molar-refractivity contribution is 6.24. The summed E-state index contributed by atoms with van der Waals surface area (Å²) in [5, 5.41) is 16.4. The fraction of sp³-hybridized carbons (Fsp3) is 0.444. The Morgan fingerprint density at radius 2 is 1.69 bits per heavy atom. The highest BCUT2D eigenvalue weighted by Crippen LogP contribution is 2.42. The predicted molar refractivity (Wildman–Crippen MR) is 268 cm³/mol. The van der Waals surface area contributed by atoms with Crippen molar-refractivity contribution in [1.29, 1.82) is 0 Å². The van der Waals surface area contributed by atoms with E-state index in [0.717, 1.165) is 73.6 Å². The Morgan fingerprint density at radius 1 is 0.847 bits per heavy atom. The SMILES string of the molecule is C[C@H]1CN([C@@H]2CCN3Cc4ccc5c(c4C[C@H]3C2)C(=O)N(C2CCC(=O)NC2=O)C5=O)CCN1c1ccc(Nc2cc(-c3ccnc(N4CCn5c(cc6c5CC(C)(C)C6)C4=O)c3CO)cn(C)c2=O)nc1. The van der Waals surface area contributed by atoms with Gasteiger partial charge in [-0.2, -0.15) is 0 Å². The van der Waals surface area contributed by atoms with E-state index in [-0.39, 0.29) is 48.4 Å². The number of piperazine rings is 1. The van der Waals surface area contributed by atoms with E-state index in [1.54, 1.807) is 42.5 Å². The van der Waals surface area contributed by atoms with E-state index >= 15 is 0 Å². The van der Waals surface area contributed by atoms with Crippen LogP contribution in [-0.4, -0.2) is 125 Å². The van der Waals surface area contributed by atoms with Crippen molar-refractivity contribution in [3.05, 3.63) is 116 Å². The number of aryl methyl sites for hydroxylation is 1. The molecule has 0 saturated carbocycles. The van der Waals surface area contributed by atoms with Crippen LogP contribution in [-0.2, 0) is 55.6 Å². The summed E-state index contributed by atoms with van der Waals surface area (Å²) >= 11 is 0. The molecule has 1 unspecified atom stereocenters. The van der Waals surface area contributed by atoms with Crippen LogP contribution in [0.3, 0.4) is 0 Å². The Balaban J connectivity index is 0.702. The van der Waals surface area contributed by atoms with Gasteiger partial charge < -0.3 is 24.5 Å². The molecule has 3 fully saturated rings. The number of carbonyl (C=O) groups is 5. The number of hydrogen-bond acceptors (Lipinski definition) is 13. The van der Waals surface area contributed by atoms with Crippen molar-refractivity contribution in [3.63, 3.8) is 0 Å². The van der Waals surface area contributed by atoms with Gasteiger partial charge in [0, 0.05) is 107 Å². The molecular formula is C54H59N11O7. The minimum absolute atomic E-state index is 0.0835. The van der Waals surface area contributed by atoms with E-state index in [4.69, 9.17) is 4.98 Å². The number of anilines is 4. The molecule has 7 aliphatic rings. The minimum atomic E-state index is -0.991.